The van der Waals surface area contributed by atoms with Gasteiger partial charge in [-0.05, 0) is 55.9 Å². The topological polar surface area (TPSA) is 53.0 Å². The summed E-state index contributed by atoms with van der Waals surface area (Å²) in [5.74, 6) is -0.144. The monoisotopic (exact) mass is 443 g/mol. The van der Waals surface area contributed by atoms with Crippen molar-refractivity contribution < 1.29 is 9.59 Å². The Bertz CT molecular complexity index is 1070. The molecule has 5 nitrogen and oxygen atoms in total. The van der Waals surface area contributed by atoms with Gasteiger partial charge in [0.15, 0.2) is 16.6 Å². The number of nitrogens with zero attached hydrogens (tertiary/aromatic N) is 3. The van der Waals surface area contributed by atoms with Crippen LogP contribution in [-0.2, 0) is 9.59 Å². The normalized spacial score (nSPS) is 21.2. The highest BCUT2D eigenvalue weighted by Crippen LogP contribution is 2.60. The molecule has 2 aliphatic rings. The smallest absolute Gasteiger partial charge is 0.245 e. The van der Waals surface area contributed by atoms with E-state index < -0.39 is 4.33 Å². The van der Waals surface area contributed by atoms with Crippen LogP contribution in [0.1, 0.15) is 20.8 Å². The number of thioether (sulfide) groups is 2. The van der Waals surface area contributed by atoms with Crippen LogP contribution in [0.15, 0.2) is 70.3 Å². The summed E-state index contributed by atoms with van der Waals surface area (Å²) >= 11 is 8.99. The second-order valence-corrected chi connectivity index (χ2v) is 9.68. The first kappa shape index (κ1) is 20.1. The van der Waals surface area contributed by atoms with Crippen LogP contribution in [-0.4, -0.2) is 20.9 Å². The van der Waals surface area contributed by atoms with Gasteiger partial charge in [0, 0.05) is 23.3 Å². The fourth-order valence-electron chi connectivity index (χ4n) is 3.35. The van der Waals surface area contributed by atoms with Gasteiger partial charge in [-0.3, -0.25) is 9.59 Å². The quantitative estimate of drug-likeness (QED) is 0.623. The van der Waals surface area contributed by atoms with E-state index in [1.807, 2.05) is 49.4 Å². The van der Waals surface area contributed by atoms with E-state index in [-0.39, 0.29) is 11.6 Å². The molecule has 0 aliphatic carbocycles. The highest BCUT2D eigenvalue weighted by atomic mass is 35.5. The van der Waals surface area contributed by atoms with Gasteiger partial charge in [0.05, 0.1) is 10.6 Å². The fraction of sp³-hybridized carbons (Fsp3) is 0.190. The highest BCUT2D eigenvalue weighted by Gasteiger charge is 2.57. The Morgan fingerprint density at radius 2 is 1.66 bits per heavy atom. The van der Waals surface area contributed by atoms with Crippen LogP contribution < -0.4 is 9.91 Å². The molecule has 29 heavy (non-hydrogen) atoms. The Balaban J connectivity index is 1.93. The summed E-state index contributed by atoms with van der Waals surface area (Å²) in [5.41, 5.74) is 2.48. The van der Waals surface area contributed by atoms with Crippen molar-refractivity contribution in [1.82, 2.24) is 0 Å². The zero-order chi connectivity index (χ0) is 20.8. The van der Waals surface area contributed by atoms with E-state index in [0.29, 0.717) is 15.0 Å². The van der Waals surface area contributed by atoms with E-state index in [4.69, 9.17) is 11.6 Å². The molecular formula is C21H18ClN3O2S2. The Labute approximate surface area is 182 Å². The Kier molecular flexibility index (Phi) is 5.23. The first-order valence-corrected chi connectivity index (χ1v) is 10.9. The van der Waals surface area contributed by atoms with Gasteiger partial charge in [-0.2, -0.15) is 5.10 Å². The average Bonchev–Trinajstić information content (AvgIpc) is 3.21. The van der Waals surface area contributed by atoms with Crippen molar-refractivity contribution in [3.8, 4) is 0 Å². The third-order valence-electron chi connectivity index (χ3n) is 4.56. The minimum Gasteiger partial charge on any atom is -0.301 e. The number of halogens is 1. The first-order chi connectivity index (χ1) is 13.8. The Morgan fingerprint density at radius 1 is 0.966 bits per heavy atom. The van der Waals surface area contributed by atoms with Crippen LogP contribution in [0.4, 0.5) is 11.4 Å². The zero-order valence-electron chi connectivity index (χ0n) is 16.0. The largest absolute Gasteiger partial charge is 0.301 e. The van der Waals surface area contributed by atoms with Gasteiger partial charge in [0.1, 0.15) is 0 Å². The molecule has 8 heteroatoms. The minimum atomic E-state index is -0.877. The molecule has 0 aromatic heterocycles. The van der Waals surface area contributed by atoms with E-state index in [9.17, 15) is 9.59 Å². The van der Waals surface area contributed by atoms with Crippen LogP contribution in [0, 0.1) is 0 Å². The van der Waals surface area contributed by atoms with Crippen LogP contribution in [0.2, 0.25) is 5.02 Å². The molecule has 2 aromatic rings. The number of ketones is 2. The molecule has 0 amide bonds. The summed E-state index contributed by atoms with van der Waals surface area (Å²) in [6, 6.07) is 17.1. The van der Waals surface area contributed by atoms with Crippen molar-refractivity contribution in [1.29, 1.82) is 0 Å². The number of para-hydroxylation sites is 1. The maximum Gasteiger partial charge on any atom is 0.245 e. The minimum absolute atomic E-state index is 0.0202. The van der Waals surface area contributed by atoms with Crippen molar-refractivity contribution in [2.45, 2.75) is 25.1 Å². The molecule has 148 valence electrons. The number of benzene rings is 2. The van der Waals surface area contributed by atoms with Crippen molar-refractivity contribution in [2.75, 3.05) is 9.91 Å². The third-order valence-corrected chi connectivity index (χ3v) is 7.89. The second-order valence-electron chi connectivity index (χ2n) is 6.65. The summed E-state index contributed by atoms with van der Waals surface area (Å²) in [6.45, 7) is 4.98. The Hall–Kier alpha value is -2.22. The van der Waals surface area contributed by atoms with Crippen molar-refractivity contribution in [3.05, 3.63) is 70.2 Å². The molecule has 0 unspecified atom stereocenters. The van der Waals surface area contributed by atoms with Crippen LogP contribution in [0.5, 0.6) is 0 Å². The van der Waals surface area contributed by atoms with E-state index >= 15 is 0 Å². The van der Waals surface area contributed by atoms with Gasteiger partial charge >= 0.3 is 0 Å². The lowest BCUT2D eigenvalue weighted by atomic mass is 10.2. The van der Waals surface area contributed by atoms with Crippen molar-refractivity contribution >= 4 is 63.1 Å². The summed E-state index contributed by atoms with van der Waals surface area (Å²) < 4.78 is -0.877. The van der Waals surface area contributed by atoms with E-state index in [2.05, 4.69) is 10.0 Å². The summed E-state index contributed by atoms with van der Waals surface area (Å²) in [6.07, 6.45) is 0. The average molecular weight is 444 g/mol. The van der Waals surface area contributed by atoms with Gasteiger partial charge in [0.25, 0.3) is 0 Å². The summed E-state index contributed by atoms with van der Waals surface area (Å²) in [5, 5.41) is 7.39. The summed E-state index contributed by atoms with van der Waals surface area (Å²) in [7, 11) is 0. The molecule has 0 radical (unpaired) electrons. The molecule has 2 aliphatic heterocycles. The van der Waals surface area contributed by atoms with Crippen LogP contribution in [0.3, 0.4) is 0 Å². The number of hydrogen-bond donors (Lipinski definition) is 0. The number of hydrogen-bond acceptors (Lipinski definition) is 7. The number of hydrazone groups is 1. The fourth-order valence-corrected chi connectivity index (χ4v) is 6.48. The lowest BCUT2D eigenvalue weighted by Crippen LogP contribution is -2.49. The van der Waals surface area contributed by atoms with E-state index in [0.717, 1.165) is 17.1 Å². The second kappa shape index (κ2) is 7.55. The maximum atomic E-state index is 12.4. The van der Waals surface area contributed by atoms with E-state index in [1.54, 1.807) is 24.1 Å². The number of rotatable bonds is 4. The zero-order valence-corrected chi connectivity index (χ0v) is 18.4. The number of Topliss-reactive ketones (excluding diaryl/α,β-unsaturated/α-hetero) is 2. The molecule has 1 spiro atoms. The maximum absolute atomic E-state index is 12.4. The number of allylic oxidation sites excluding steroid dienone is 2. The molecule has 2 heterocycles. The van der Waals surface area contributed by atoms with Gasteiger partial charge in [-0.15, -0.1) is 0 Å². The number of carbonyl (C=O) groups is 2. The van der Waals surface area contributed by atoms with Crippen molar-refractivity contribution in [2.24, 2.45) is 5.10 Å². The molecule has 0 saturated heterocycles. The van der Waals surface area contributed by atoms with E-state index in [1.165, 1.54) is 30.4 Å². The molecule has 1 atom stereocenters. The predicted molar refractivity (Wildman–Crippen MR) is 122 cm³/mol. The molecule has 0 fully saturated rings. The first-order valence-electron chi connectivity index (χ1n) is 8.94. The lowest BCUT2D eigenvalue weighted by Gasteiger charge is -2.41. The predicted octanol–water partition coefficient (Wildman–Crippen LogP) is 5.48. The van der Waals surface area contributed by atoms with Crippen LogP contribution >= 0.6 is 35.1 Å². The van der Waals surface area contributed by atoms with Gasteiger partial charge in [0.2, 0.25) is 4.33 Å². The summed E-state index contributed by atoms with van der Waals surface area (Å²) in [4.78, 5) is 27.4. The van der Waals surface area contributed by atoms with Crippen molar-refractivity contribution in [3.63, 3.8) is 0 Å². The highest BCUT2D eigenvalue weighted by molar-refractivity contribution is 8.29. The SMILES string of the molecule is CC(=O)C1=NN(c2cccc(Cl)c2)[C@]2(S1)SC(C(C)=O)=C(C)N2c1ccccc1. The third kappa shape index (κ3) is 3.37. The number of carbonyl (C=O) groups excluding carboxylic acids is 2. The standard InChI is InChI=1S/C21H18ClN3O2S2/c1-13-19(14(2)26)28-21(24(13)17-9-5-4-6-10-17)25(23-20(29-21)15(3)27)18-11-7-8-16(22)12-18/h4-12H,1-3H3/t21-/m0/s1. The molecule has 0 N–H and O–H groups in total. The van der Waals surface area contributed by atoms with Gasteiger partial charge < -0.3 is 4.90 Å². The van der Waals surface area contributed by atoms with Gasteiger partial charge in [-0.1, -0.05) is 47.6 Å². The molecule has 2 aromatic carbocycles. The molecule has 0 bridgehead atoms. The molecular weight excluding hydrogens is 426 g/mol. The number of anilines is 2. The van der Waals surface area contributed by atoms with Gasteiger partial charge in [-0.25, -0.2) is 5.01 Å². The van der Waals surface area contributed by atoms with Crippen LogP contribution in [0.25, 0.3) is 0 Å². The lowest BCUT2D eigenvalue weighted by molar-refractivity contribution is -0.113. The molecule has 4 rings (SSSR count). The molecule has 0 saturated carbocycles. The Morgan fingerprint density at radius 3 is 2.28 bits per heavy atom.